The predicted molar refractivity (Wildman–Crippen MR) is 40.7 cm³/mol. The summed E-state index contributed by atoms with van der Waals surface area (Å²) in [6.07, 6.45) is 0. The second-order valence-corrected chi connectivity index (χ2v) is 2.44. The largest absolute Gasteiger partial charge is 0.207 e. The Bertz CT molecular complexity index is 212. The minimum Gasteiger partial charge on any atom is -0.207 e. The zero-order valence-corrected chi connectivity index (χ0v) is 6.45. The molecule has 54 valence electrons. The number of hydrogen-bond acceptors (Lipinski definition) is 0. The highest BCUT2D eigenvalue weighted by molar-refractivity contribution is 6.17. The minimum atomic E-state index is -0.213. The van der Waals surface area contributed by atoms with Gasteiger partial charge in [-0.05, 0) is 18.6 Å². The van der Waals surface area contributed by atoms with E-state index >= 15 is 0 Å². The van der Waals surface area contributed by atoms with Crippen LogP contribution in [0.2, 0.25) is 0 Å². The van der Waals surface area contributed by atoms with E-state index < -0.39 is 0 Å². The summed E-state index contributed by atoms with van der Waals surface area (Å²) in [5.74, 6) is 0.0356. The minimum absolute atomic E-state index is 0.213. The average molecular weight is 159 g/mol. The van der Waals surface area contributed by atoms with Crippen molar-refractivity contribution in [1.29, 1.82) is 0 Å². The summed E-state index contributed by atoms with van der Waals surface area (Å²) in [4.78, 5) is 0. The monoisotopic (exact) mass is 158 g/mol. The van der Waals surface area contributed by atoms with Crippen LogP contribution in [0, 0.1) is 12.7 Å². The van der Waals surface area contributed by atoms with Gasteiger partial charge in [-0.1, -0.05) is 12.1 Å². The Morgan fingerprint density at radius 1 is 1.50 bits per heavy atom. The van der Waals surface area contributed by atoms with Crippen LogP contribution >= 0.6 is 11.6 Å². The Balaban J connectivity index is 3.17. The van der Waals surface area contributed by atoms with Gasteiger partial charge in [0.25, 0.3) is 0 Å². The molecule has 0 aliphatic heterocycles. The van der Waals surface area contributed by atoms with Gasteiger partial charge in [-0.15, -0.1) is 11.6 Å². The average Bonchev–Trinajstić information content (AvgIpc) is 1.88. The lowest BCUT2D eigenvalue weighted by Crippen LogP contribution is -1.88. The van der Waals surface area contributed by atoms with E-state index in [-0.39, 0.29) is 11.7 Å². The summed E-state index contributed by atoms with van der Waals surface area (Å²) in [7, 11) is 0. The Labute approximate surface area is 64.6 Å². The first-order valence-electron chi connectivity index (χ1n) is 3.05. The first kappa shape index (κ1) is 7.55. The van der Waals surface area contributed by atoms with E-state index in [4.69, 9.17) is 11.6 Å². The highest BCUT2D eigenvalue weighted by atomic mass is 35.5. The number of hydrogen-bond donors (Lipinski definition) is 0. The molecule has 0 unspecified atom stereocenters. The number of rotatable bonds is 1. The van der Waals surface area contributed by atoms with Crippen LogP contribution < -0.4 is 0 Å². The van der Waals surface area contributed by atoms with Gasteiger partial charge in [0.15, 0.2) is 0 Å². The fourth-order valence-corrected chi connectivity index (χ4v) is 1.17. The predicted octanol–water partition coefficient (Wildman–Crippen LogP) is 2.87. The van der Waals surface area contributed by atoms with Crippen LogP contribution in [0.3, 0.4) is 0 Å². The van der Waals surface area contributed by atoms with E-state index in [0.29, 0.717) is 5.56 Å². The van der Waals surface area contributed by atoms with Crippen LogP contribution in [-0.2, 0) is 5.88 Å². The van der Waals surface area contributed by atoms with Crippen molar-refractivity contribution in [3.8, 4) is 0 Å². The van der Waals surface area contributed by atoms with Crippen molar-refractivity contribution in [2.45, 2.75) is 12.8 Å². The van der Waals surface area contributed by atoms with Gasteiger partial charge in [-0.25, -0.2) is 4.39 Å². The summed E-state index contributed by atoms with van der Waals surface area (Å²) in [5.41, 5.74) is 1.51. The molecular formula is C8H8ClF. The summed E-state index contributed by atoms with van der Waals surface area (Å²) in [6, 6.07) is 4.95. The molecule has 0 saturated heterocycles. The van der Waals surface area contributed by atoms with Crippen molar-refractivity contribution >= 4 is 11.6 Å². The Morgan fingerprint density at radius 2 is 2.20 bits per heavy atom. The van der Waals surface area contributed by atoms with Gasteiger partial charge in [0.05, 0.1) is 5.88 Å². The van der Waals surface area contributed by atoms with Gasteiger partial charge in [-0.3, -0.25) is 0 Å². The second kappa shape index (κ2) is 3.02. The second-order valence-electron chi connectivity index (χ2n) is 2.17. The molecule has 0 spiro atoms. The highest BCUT2D eigenvalue weighted by Gasteiger charge is 2.01. The van der Waals surface area contributed by atoms with Crippen LogP contribution in [0.5, 0.6) is 0 Å². The van der Waals surface area contributed by atoms with Crippen molar-refractivity contribution in [2.24, 2.45) is 0 Å². The number of alkyl halides is 1. The van der Waals surface area contributed by atoms with Gasteiger partial charge >= 0.3 is 0 Å². The molecule has 2 heteroatoms. The molecule has 1 aromatic rings. The molecule has 0 aliphatic rings. The molecule has 0 amide bonds. The van der Waals surface area contributed by atoms with E-state index in [1.165, 1.54) is 6.07 Å². The summed E-state index contributed by atoms with van der Waals surface area (Å²) < 4.78 is 12.8. The topological polar surface area (TPSA) is 0 Å². The van der Waals surface area contributed by atoms with Crippen molar-refractivity contribution in [1.82, 2.24) is 0 Å². The molecule has 1 rings (SSSR count). The highest BCUT2D eigenvalue weighted by Crippen LogP contribution is 2.14. The van der Waals surface area contributed by atoms with Crippen molar-refractivity contribution in [3.05, 3.63) is 35.1 Å². The van der Waals surface area contributed by atoms with E-state index in [2.05, 4.69) is 0 Å². The number of halogens is 2. The maximum absolute atomic E-state index is 12.8. The van der Waals surface area contributed by atoms with Gasteiger partial charge in [0.1, 0.15) is 5.82 Å². The van der Waals surface area contributed by atoms with Crippen LogP contribution in [-0.4, -0.2) is 0 Å². The van der Waals surface area contributed by atoms with E-state index in [1.54, 1.807) is 6.07 Å². The zero-order valence-electron chi connectivity index (χ0n) is 5.70. The van der Waals surface area contributed by atoms with E-state index in [1.807, 2.05) is 13.0 Å². The van der Waals surface area contributed by atoms with Gasteiger partial charge in [0.2, 0.25) is 0 Å². The standard InChI is InChI=1S/C8H8ClF/c1-6-3-2-4-8(10)7(6)5-9/h2-4H,5H2,1H3. The molecule has 0 aliphatic carbocycles. The lowest BCUT2D eigenvalue weighted by atomic mass is 10.1. The third-order valence-corrected chi connectivity index (χ3v) is 1.75. The Kier molecular flexibility index (Phi) is 2.28. The maximum atomic E-state index is 12.8. The Hall–Kier alpha value is -0.560. The van der Waals surface area contributed by atoms with Gasteiger partial charge < -0.3 is 0 Å². The molecule has 0 nitrogen and oxygen atoms in total. The van der Waals surface area contributed by atoms with Crippen LogP contribution in [0.15, 0.2) is 18.2 Å². The SMILES string of the molecule is Cc1cccc(F)c1CCl. The molecule has 0 radical (unpaired) electrons. The fraction of sp³-hybridized carbons (Fsp3) is 0.250. The lowest BCUT2D eigenvalue weighted by Gasteiger charge is -2.00. The first-order valence-corrected chi connectivity index (χ1v) is 3.59. The summed E-state index contributed by atoms with van der Waals surface area (Å²) in [6.45, 7) is 1.85. The van der Waals surface area contributed by atoms with Crippen LogP contribution in [0.25, 0.3) is 0 Å². The summed E-state index contributed by atoms with van der Waals surface area (Å²) >= 11 is 5.50. The van der Waals surface area contributed by atoms with Crippen LogP contribution in [0.4, 0.5) is 4.39 Å². The third kappa shape index (κ3) is 1.29. The molecule has 0 aromatic heterocycles. The molecular weight excluding hydrogens is 151 g/mol. The number of aryl methyl sites for hydroxylation is 1. The van der Waals surface area contributed by atoms with Gasteiger partial charge in [-0.2, -0.15) is 0 Å². The third-order valence-electron chi connectivity index (χ3n) is 1.49. The normalized spacial score (nSPS) is 9.90. The quantitative estimate of drug-likeness (QED) is 0.552. The van der Waals surface area contributed by atoms with Gasteiger partial charge in [0, 0.05) is 5.56 Å². The summed E-state index contributed by atoms with van der Waals surface area (Å²) in [5, 5.41) is 0. The molecule has 0 bridgehead atoms. The number of benzene rings is 1. The first-order chi connectivity index (χ1) is 4.75. The molecule has 0 N–H and O–H groups in total. The fourth-order valence-electron chi connectivity index (χ4n) is 0.836. The molecule has 0 saturated carbocycles. The van der Waals surface area contributed by atoms with Crippen molar-refractivity contribution < 1.29 is 4.39 Å². The molecule has 0 fully saturated rings. The lowest BCUT2D eigenvalue weighted by molar-refractivity contribution is 0.615. The van der Waals surface area contributed by atoms with E-state index in [0.717, 1.165) is 5.56 Å². The molecule has 0 atom stereocenters. The Morgan fingerprint density at radius 3 is 2.60 bits per heavy atom. The van der Waals surface area contributed by atoms with E-state index in [9.17, 15) is 4.39 Å². The molecule has 10 heavy (non-hydrogen) atoms. The molecule has 1 aromatic carbocycles. The van der Waals surface area contributed by atoms with Crippen LogP contribution in [0.1, 0.15) is 11.1 Å². The zero-order chi connectivity index (χ0) is 7.56. The molecule has 0 heterocycles. The smallest absolute Gasteiger partial charge is 0.127 e. The van der Waals surface area contributed by atoms with Crippen molar-refractivity contribution in [3.63, 3.8) is 0 Å². The van der Waals surface area contributed by atoms with Crippen molar-refractivity contribution in [2.75, 3.05) is 0 Å². The maximum Gasteiger partial charge on any atom is 0.127 e.